The Morgan fingerprint density at radius 3 is 2.92 bits per heavy atom. The van der Waals surface area contributed by atoms with Gasteiger partial charge in [-0.05, 0) is 36.2 Å². The van der Waals surface area contributed by atoms with Crippen molar-refractivity contribution >= 4 is 23.1 Å². The van der Waals surface area contributed by atoms with Crippen LogP contribution in [0.4, 0.5) is 23.1 Å². The zero-order chi connectivity index (χ0) is 16.4. The quantitative estimate of drug-likeness (QED) is 0.790. The van der Waals surface area contributed by atoms with Gasteiger partial charge < -0.3 is 15.0 Å². The first-order valence-electron chi connectivity index (χ1n) is 7.93. The summed E-state index contributed by atoms with van der Waals surface area (Å²) in [7, 11) is 1.65. The lowest BCUT2D eigenvalue weighted by Gasteiger charge is -2.18. The van der Waals surface area contributed by atoms with Crippen LogP contribution in [0, 0.1) is 0 Å². The van der Waals surface area contributed by atoms with Crippen molar-refractivity contribution in [2.24, 2.45) is 0 Å². The molecule has 0 radical (unpaired) electrons. The summed E-state index contributed by atoms with van der Waals surface area (Å²) < 4.78 is 5.25. The maximum Gasteiger partial charge on any atom is 0.229 e. The van der Waals surface area contributed by atoms with E-state index in [9.17, 15) is 0 Å². The van der Waals surface area contributed by atoms with E-state index in [2.05, 4.69) is 44.5 Å². The average molecular weight is 318 g/mol. The van der Waals surface area contributed by atoms with Crippen LogP contribution in [0.1, 0.15) is 5.56 Å². The highest BCUT2D eigenvalue weighted by Crippen LogP contribution is 2.33. The molecule has 0 saturated heterocycles. The number of para-hydroxylation sites is 1. The summed E-state index contributed by atoms with van der Waals surface area (Å²) in [6.45, 7) is 0.939. The van der Waals surface area contributed by atoms with E-state index in [1.54, 1.807) is 13.3 Å². The number of ether oxygens (including phenoxy) is 1. The molecule has 4 rings (SSSR count). The summed E-state index contributed by atoms with van der Waals surface area (Å²) in [5, 5.41) is 3.24. The van der Waals surface area contributed by atoms with Crippen LogP contribution < -0.4 is 15.0 Å². The van der Waals surface area contributed by atoms with Gasteiger partial charge in [-0.1, -0.05) is 24.3 Å². The van der Waals surface area contributed by atoms with E-state index < -0.39 is 0 Å². The number of rotatable bonds is 4. The molecule has 0 fully saturated rings. The molecule has 0 saturated carbocycles. The minimum Gasteiger partial charge on any atom is -0.497 e. The average Bonchev–Trinajstić information content (AvgIpc) is 3.06. The lowest BCUT2D eigenvalue weighted by Crippen LogP contribution is -2.15. The number of benzene rings is 2. The third-order valence-corrected chi connectivity index (χ3v) is 4.13. The summed E-state index contributed by atoms with van der Waals surface area (Å²) in [5.74, 6) is 2.27. The first-order valence-corrected chi connectivity index (χ1v) is 7.93. The predicted octanol–water partition coefficient (Wildman–Crippen LogP) is 3.92. The van der Waals surface area contributed by atoms with Crippen LogP contribution in [-0.2, 0) is 6.42 Å². The van der Waals surface area contributed by atoms with Crippen LogP contribution in [0.25, 0.3) is 0 Å². The fraction of sp³-hybridized carbons (Fsp3) is 0.158. The molecule has 0 bridgehead atoms. The van der Waals surface area contributed by atoms with Crippen molar-refractivity contribution in [2.75, 3.05) is 23.9 Å². The molecule has 5 heteroatoms. The molecule has 0 amide bonds. The van der Waals surface area contributed by atoms with Crippen molar-refractivity contribution in [1.82, 2.24) is 9.97 Å². The minimum atomic E-state index is 0.574. The Kier molecular flexibility index (Phi) is 3.75. The standard InChI is InChI=1S/C19H18N4O/c1-24-16-7-4-6-15(13-16)21-19-20-11-9-18(22-19)23-12-10-14-5-2-3-8-17(14)23/h2-9,11,13H,10,12H2,1H3,(H,20,21,22). The number of fused-ring (bicyclic) bond motifs is 1. The van der Waals surface area contributed by atoms with E-state index in [1.807, 2.05) is 30.3 Å². The number of nitrogens with zero attached hydrogens (tertiary/aromatic N) is 3. The molecule has 1 N–H and O–H groups in total. The molecule has 2 aromatic carbocycles. The maximum atomic E-state index is 5.25. The molecule has 1 aliphatic rings. The lowest BCUT2D eigenvalue weighted by atomic mass is 10.2. The van der Waals surface area contributed by atoms with E-state index in [-0.39, 0.29) is 0 Å². The Bertz CT molecular complexity index is 865. The first-order chi connectivity index (χ1) is 11.8. The van der Waals surface area contributed by atoms with Gasteiger partial charge in [0.15, 0.2) is 0 Å². The Morgan fingerprint density at radius 2 is 2.00 bits per heavy atom. The summed E-state index contributed by atoms with van der Waals surface area (Å²) in [4.78, 5) is 11.2. The molecule has 1 aromatic heterocycles. The lowest BCUT2D eigenvalue weighted by molar-refractivity contribution is 0.415. The number of hydrogen-bond donors (Lipinski definition) is 1. The monoisotopic (exact) mass is 318 g/mol. The molecule has 1 aliphatic heterocycles. The van der Waals surface area contributed by atoms with Crippen LogP contribution in [-0.4, -0.2) is 23.6 Å². The molecular formula is C19H18N4O. The van der Waals surface area contributed by atoms with Crippen molar-refractivity contribution in [2.45, 2.75) is 6.42 Å². The SMILES string of the molecule is COc1cccc(Nc2nccc(N3CCc4ccccc43)n2)c1. The van der Waals surface area contributed by atoms with E-state index >= 15 is 0 Å². The molecule has 0 aliphatic carbocycles. The molecule has 2 heterocycles. The number of anilines is 4. The van der Waals surface area contributed by atoms with Gasteiger partial charge in [-0.25, -0.2) is 4.98 Å². The van der Waals surface area contributed by atoms with Crippen LogP contribution in [0.2, 0.25) is 0 Å². The third-order valence-electron chi connectivity index (χ3n) is 4.13. The topological polar surface area (TPSA) is 50.3 Å². The van der Waals surface area contributed by atoms with Gasteiger partial charge in [0, 0.05) is 30.2 Å². The number of hydrogen-bond acceptors (Lipinski definition) is 5. The van der Waals surface area contributed by atoms with Gasteiger partial charge in [-0.2, -0.15) is 4.98 Å². The van der Waals surface area contributed by atoms with Gasteiger partial charge in [0.05, 0.1) is 7.11 Å². The number of methoxy groups -OCH3 is 1. The van der Waals surface area contributed by atoms with Crippen LogP contribution in [0.15, 0.2) is 60.8 Å². The first kappa shape index (κ1) is 14.5. The Morgan fingerprint density at radius 1 is 1.08 bits per heavy atom. The minimum absolute atomic E-state index is 0.574. The fourth-order valence-electron chi connectivity index (χ4n) is 2.97. The largest absolute Gasteiger partial charge is 0.497 e. The van der Waals surface area contributed by atoms with E-state index in [4.69, 9.17) is 4.74 Å². The van der Waals surface area contributed by atoms with Gasteiger partial charge in [-0.15, -0.1) is 0 Å². The van der Waals surface area contributed by atoms with Crippen LogP contribution >= 0.6 is 0 Å². The second-order valence-electron chi connectivity index (χ2n) is 5.63. The zero-order valence-electron chi connectivity index (χ0n) is 13.4. The molecule has 0 unspecified atom stereocenters. The summed E-state index contributed by atoms with van der Waals surface area (Å²) in [5.41, 5.74) is 3.48. The summed E-state index contributed by atoms with van der Waals surface area (Å²) in [6, 6.07) is 18.1. The molecule has 5 nitrogen and oxygen atoms in total. The van der Waals surface area contributed by atoms with Gasteiger partial charge in [0.25, 0.3) is 0 Å². The molecule has 0 spiro atoms. The van der Waals surface area contributed by atoms with Gasteiger partial charge in [0.1, 0.15) is 11.6 Å². The number of aromatic nitrogens is 2. The highest BCUT2D eigenvalue weighted by molar-refractivity contribution is 5.68. The molecular weight excluding hydrogens is 300 g/mol. The smallest absolute Gasteiger partial charge is 0.229 e. The Balaban J connectivity index is 1.60. The van der Waals surface area contributed by atoms with Crippen molar-refractivity contribution in [3.8, 4) is 5.75 Å². The normalized spacial score (nSPS) is 12.8. The van der Waals surface area contributed by atoms with E-state index in [0.29, 0.717) is 5.95 Å². The second kappa shape index (κ2) is 6.20. The van der Waals surface area contributed by atoms with E-state index in [1.165, 1.54) is 11.3 Å². The number of nitrogens with one attached hydrogen (secondary N) is 1. The molecule has 120 valence electrons. The molecule has 0 atom stereocenters. The highest BCUT2D eigenvalue weighted by Gasteiger charge is 2.20. The second-order valence-corrected chi connectivity index (χ2v) is 5.63. The van der Waals surface area contributed by atoms with Crippen molar-refractivity contribution in [1.29, 1.82) is 0 Å². The summed E-state index contributed by atoms with van der Waals surface area (Å²) in [6.07, 6.45) is 2.82. The van der Waals surface area contributed by atoms with Crippen molar-refractivity contribution < 1.29 is 4.74 Å². The van der Waals surface area contributed by atoms with Gasteiger partial charge in [0.2, 0.25) is 5.95 Å². The molecule has 3 aromatic rings. The Labute approximate surface area is 140 Å². The van der Waals surface area contributed by atoms with Gasteiger partial charge >= 0.3 is 0 Å². The maximum absolute atomic E-state index is 5.25. The third kappa shape index (κ3) is 2.76. The zero-order valence-corrected chi connectivity index (χ0v) is 13.4. The van der Waals surface area contributed by atoms with Gasteiger partial charge in [-0.3, -0.25) is 0 Å². The predicted molar refractivity (Wildman–Crippen MR) is 95.5 cm³/mol. The van der Waals surface area contributed by atoms with Crippen molar-refractivity contribution in [3.05, 3.63) is 66.4 Å². The fourth-order valence-corrected chi connectivity index (χ4v) is 2.97. The van der Waals surface area contributed by atoms with E-state index in [0.717, 1.165) is 30.2 Å². The van der Waals surface area contributed by atoms with Crippen LogP contribution in [0.5, 0.6) is 5.75 Å². The summed E-state index contributed by atoms with van der Waals surface area (Å²) >= 11 is 0. The molecule has 24 heavy (non-hydrogen) atoms. The van der Waals surface area contributed by atoms with Crippen LogP contribution in [0.3, 0.4) is 0 Å². The van der Waals surface area contributed by atoms with Crippen molar-refractivity contribution in [3.63, 3.8) is 0 Å². The highest BCUT2D eigenvalue weighted by atomic mass is 16.5. The Hall–Kier alpha value is -3.08.